The van der Waals surface area contributed by atoms with Gasteiger partial charge in [-0.05, 0) is 36.4 Å². The Labute approximate surface area is 217 Å². The molecule has 0 spiro atoms. The zero-order valence-electron chi connectivity index (χ0n) is 19.6. The third-order valence-corrected chi connectivity index (χ3v) is 9.39. The fraction of sp³-hybridized carbons (Fsp3) is 0.292. The van der Waals surface area contributed by atoms with Crippen LogP contribution in [0, 0.1) is 0 Å². The molecule has 9 nitrogen and oxygen atoms in total. The van der Waals surface area contributed by atoms with Gasteiger partial charge in [0, 0.05) is 62.3 Å². The molecule has 1 saturated heterocycles. The first-order chi connectivity index (χ1) is 17.1. The van der Waals surface area contributed by atoms with Gasteiger partial charge in [-0.3, -0.25) is 14.6 Å². The van der Waals surface area contributed by atoms with Crippen molar-refractivity contribution < 1.29 is 18.0 Å². The van der Waals surface area contributed by atoms with Crippen molar-refractivity contribution in [3.05, 3.63) is 58.6 Å². The number of nitrogens with one attached hydrogen (secondary N) is 1. The van der Waals surface area contributed by atoms with E-state index < -0.39 is 16.1 Å². The predicted molar refractivity (Wildman–Crippen MR) is 140 cm³/mol. The Morgan fingerprint density at radius 3 is 2.75 bits per heavy atom. The van der Waals surface area contributed by atoms with Gasteiger partial charge in [0.05, 0.1) is 21.1 Å². The van der Waals surface area contributed by atoms with Gasteiger partial charge in [0.2, 0.25) is 5.91 Å². The minimum atomic E-state index is -3.90. The van der Waals surface area contributed by atoms with E-state index in [2.05, 4.69) is 9.97 Å². The van der Waals surface area contributed by atoms with Gasteiger partial charge in [-0.15, -0.1) is 11.3 Å². The predicted octanol–water partition coefficient (Wildman–Crippen LogP) is 3.42. The number of rotatable bonds is 5. The summed E-state index contributed by atoms with van der Waals surface area (Å²) in [4.78, 5) is 36.9. The summed E-state index contributed by atoms with van der Waals surface area (Å²) in [6.45, 7) is 0.282. The summed E-state index contributed by atoms with van der Waals surface area (Å²) in [6, 6.07) is 11.5. The lowest BCUT2D eigenvalue weighted by molar-refractivity contribution is -0.130. The number of aromatic amines is 1. The maximum absolute atomic E-state index is 13.5. The zero-order chi connectivity index (χ0) is 25.6. The number of benzene rings is 1. The van der Waals surface area contributed by atoms with Gasteiger partial charge in [0.25, 0.3) is 15.9 Å². The lowest BCUT2D eigenvalue weighted by atomic mass is 10.1. The summed E-state index contributed by atoms with van der Waals surface area (Å²) >= 11 is 7.39. The lowest BCUT2D eigenvalue weighted by Crippen LogP contribution is -2.57. The monoisotopic (exact) mass is 545 g/mol. The highest BCUT2D eigenvalue weighted by Gasteiger charge is 2.38. The van der Waals surface area contributed by atoms with E-state index in [9.17, 15) is 18.0 Å². The minimum Gasteiger partial charge on any atom is -0.349 e. The Morgan fingerprint density at radius 2 is 2.00 bits per heavy atom. The van der Waals surface area contributed by atoms with Crippen LogP contribution in [0.2, 0.25) is 5.02 Å². The van der Waals surface area contributed by atoms with Crippen molar-refractivity contribution in [3.8, 4) is 0 Å². The van der Waals surface area contributed by atoms with Gasteiger partial charge >= 0.3 is 0 Å². The summed E-state index contributed by atoms with van der Waals surface area (Å²) < 4.78 is 29.3. The van der Waals surface area contributed by atoms with Crippen molar-refractivity contribution in [2.75, 3.05) is 33.7 Å². The molecular weight excluding hydrogens is 522 g/mol. The van der Waals surface area contributed by atoms with E-state index in [0.717, 1.165) is 15.6 Å². The molecule has 36 heavy (non-hydrogen) atoms. The van der Waals surface area contributed by atoms with E-state index in [1.54, 1.807) is 55.5 Å². The van der Waals surface area contributed by atoms with Crippen molar-refractivity contribution in [3.63, 3.8) is 0 Å². The smallest absolute Gasteiger partial charge is 0.264 e. The van der Waals surface area contributed by atoms with Crippen LogP contribution in [0.15, 0.2) is 53.7 Å². The first-order valence-corrected chi connectivity index (χ1v) is 13.9. The number of pyridine rings is 1. The first kappa shape index (κ1) is 24.7. The van der Waals surface area contributed by atoms with E-state index >= 15 is 0 Å². The molecule has 1 aliphatic heterocycles. The van der Waals surface area contributed by atoms with E-state index in [0.29, 0.717) is 15.4 Å². The molecule has 1 unspecified atom stereocenters. The zero-order valence-corrected chi connectivity index (χ0v) is 22.0. The molecule has 1 aromatic carbocycles. The van der Waals surface area contributed by atoms with Crippen LogP contribution in [0.5, 0.6) is 0 Å². The van der Waals surface area contributed by atoms with Gasteiger partial charge in [0.15, 0.2) is 0 Å². The summed E-state index contributed by atoms with van der Waals surface area (Å²) in [5.41, 5.74) is 1.35. The van der Waals surface area contributed by atoms with Crippen LogP contribution in [-0.2, 0) is 14.8 Å². The van der Waals surface area contributed by atoms with Crippen LogP contribution in [0.25, 0.3) is 21.1 Å². The first-order valence-electron chi connectivity index (χ1n) is 11.3. The summed E-state index contributed by atoms with van der Waals surface area (Å²) in [5, 5.41) is 1.27. The number of halogens is 1. The quantitative estimate of drug-likeness (QED) is 0.413. The minimum absolute atomic E-state index is 0.00686. The highest BCUT2D eigenvalue weighted by atomic mass is 35.5. The molecule has 12 heteroatoms. The number of nitrogens with zero attached hydrogens (tertiary/aromatic N) is 4. The topological polar surface area (TPSA) is 107 Å². The van der Waals surface area contributed by atoms with Gasteiger partial charge in [0.1, 0.15) is 5.03 Å². The number of carbonyl (C=O) groups is 2. The molecule has 3 aromatic heterocycles. The molecule has 1 fully saturated rings. The van der Waals surface area contributed by atoms with Gasteiger partial charge in [-0.25, -0.2) is 8.42 Å². The second-order valence-corrected chi connectivity index (χ2v) is 12.3. The van der Waals surface area contributed by atoms with Crippen molar-refractivity contribution in [1.82, 2.24) is 24.1 Å². The Kier molecular flexibility index (Phi) is 6.50. The lowest BCUT2D eigenvalue weighted by Gasteiger charge is -2.40. The number of piperazine rings is 1. The molecule has 1 N–H and O–H groups in total. The third kappa shape index (κ3) is 4.59. The number of fused-ring (bicyclic) bond motifs is 2. The number of hydrogen-bond donors (Lipinski definition) is 1. The molecule has 2 amide bonds. The normalized spacial score (nSPS) is 17.1. The molecule has 1 aliphatic rings. The molecule has 4 aromatic rings. The van der Waals surface area contributed by atoms with Crippen molar-refractivity contribution in [1.29, 1.82) is 0 Å². The number of aromatic nitrogens is 2. The molecule has 188 valence electrons. The van der Waals surface area contributed by atoms with E-state index in [1.807, 2.05) is 12.1 Å². The molecule has 1 atom stereocenters. The molecule has 0 radical (unpaired) electrons. The van der Waals surface area contributed by atoms with Crippen LogP contribution in [0.1, 0.15) is 16.1 Å². The van der Waals surface area contributed by atoms with Crippen LogP contribution >= 0.6 is 22.9 Å². The number of amides is 2. The summed E-state index contributed by atoms with van der Waals surface area (Å²) in [6.07, 6.45) is 1.68. The highest BCUT2D eigenvalue weighted by molar-refractivity contribution is 7.89. The number of sulfonamides is 1. The van der Waals surface area contributed by atoms with E-state index in [-0.39, 0.29) is 42.9 Å². The second kappa shape index (κ2) is 9.47. The van der Waals surface area contributed by atoms with Crippen LogP contribution in [0.4, 0.5) is 0 Å². The van der Waals surface area contributed by atoms with Crippen LogP contribution in [-0.4, -0.2) is 84.1 Å². The van der Waals surface area contributed by atoms with Crippen LogP contribution in [0.3, 0.4) is 0 Å². The molecule has 4 heterocycles. The number of carbonyl (C=O) groups excluding carboxylic acids is 2. The Bertz CT molecular complexity index is 1550. The van der Waals surface area contributed by atoms with Gasteiger partial charge in [-0.1, -0.05) is 17.7 Å². The highest BCUT2D eigenvalue weighted by Crippen LogP contribution is 2.29. The maximum atomic E-state index is 13.5. The molecule has 0 bridgehead atoms. The largest absolute Gasteiger partial charge is 0.349 e. The third-order valence-electron chi connectivity index (χ3n) is 6.29. The average Bonchev–Trinajstić information content (AvgIpc) is 3.48. The Morgan fingerprint density at radius 1 is 1.19 bits per heavy atom. The SMILES string of the molecule is CN(C)C(=O)CC1CN(S(=O)(=O)c2cc3ccc(Cl)cc3[nH]2)CCN1C(=O)c1cc2ncccc2s1. The fourth-order valence-electron chi connectivity index (χ4n) is 4.34. The van der Waals surface area contributed by atoms with Crippen LogP contribution < -0.4 is 0 Å². The molecule has 5 rings (SSSR count). The Hall–Kier alpha value is -2.99. The average molecular weight is 546 g/mol. The molecular formula is C24H24ClN5O4S2. The van der Waals surface area contributed by atoms with Crippen molar-refractivity contribution in [2.45, 2.75) is 17.5 Å². The van der Waals surface area contributed by atoms with E-state index in [1.165, 1.54) is 20.5 Å². The summed E-state index contributed by atoms with van der Waals surface area (Å²) in [5.74, 6) is -0.415. The number of hydrogen-bond acceptors (Lipinski definition) is 6. The number of H-pyrrole nitrogens is 1. The van der Waals surface area contributed by atoms with Gasteiger partial charge < -0.3 is 14.8 Å². The van der Waals surface area contributed by atoms with Crippen molar-refractivity contribution in [2.24, 2.45) is 0 Å². The second-order valence-electron chi connectivity index (χ2n) is 8.87. The Balaban J connectivity index is 1.44. The number of thiophene rings is 1. The van der Waals surface area contributed by atoms with Gasteiger partial charge in [-0.2, -0.15) is 4.31 Å². The maximum Gasteiger partial charge on any atom is 0.264 e. The summed E-state index contributed by atoms with van der Waals surface area (Å²) in [7, 11) is -0.620. The van der Waals surface area contributed by atoms with E-state index in [4.69, 9.17) is 11.6 Å². The molecule has 0 aliphatic carbocycles. The standard InChI is InChI=1S/C24H24ClN5O4S2/c1-28(2)23(31)12-17-14-29(36(33,34)22-10-15-5-6-16(25)11-18(15)27-22)8-9-30(17)24(32)21-13-19-20(35-21)4-3-7-26-19/h3-7,10-11,13,17,27H,8-9,12,14H2,1-2H3. The fourth-order valence-corrected chi connectivity index (χ4v) is 6.97. The van der Waals surface area contributed by atoms with Crippen molar-refractivity contribution >= 4 is 65.9 Å². The molecule has 0 saturated carbocycles.